The summed E-state index contributed by atoms with van der Waals surface area (Å²) in [5.41, 5.74) is 9.82. The maximum Gasteiger partial charge on any atom is 0.134 e. The first-order valence-corrected chi connectivity index (χ1v) is 10.1. The van der Waals surface area contributed by atoms with Gasteiger partial charge in [-0.1, -0.05) is 57.3 Å². The van der Waals surface area contributed by atoms with Gasteiger partial charge in [-0.2, -0.15) is 0 Å². The van der Waals surface area contributed by atoms with Crippen molar-refractivity contribution in [2.45, 2.75) is 32.6 Å². The van der Waals surface area contributed by atoms with Crippen LogP contribution in [-0.4, -0.2) is 23.5 Å². The number of aromatic nitrogens is 1. The van der Waals surface area contributed by atoms with Crippen LogP contribution in [0, 0.1) is 0 Å². The van der Waals surface area contributed by atoms with E-state index in [1.807, 2.05) is 6.20 Å². The molecule has 3 nitrogen and oxygen atoms in total. The second-order valence-electron chi connectivity index (χ2n) is 8.64. The zero-order valence-corrected chi connectivity index (χ0v) is 17.8. The Morgan fingerprint density at radius 1 is 1.31 bits per heavy atom. The monoisotopic (exact) mass is 383 g/mol. The molecule has 4 rings (SSSR count). The van der Waals surface area contributed by atoms with Crippen molar-refractivity contribution in [1.29, 1.82) is 0 Å². The zero-order valence-electron chi connectivity index (χ0n) is 17.8. The summed E-state index contributed by atoms with van der Waals surface area (Å²) in [5, 5.41) is 3.29. The van der Waals surface area contributed by atoms with E-state index in [0.29, 0.717) is 0 Å². The van der Waals surface area contributed by atoms with Crippen LogP contribution < -0.4 is 5.32 Å². The summed E-state index contributed by atoms with van der Waals surface area (Å²) in [6, 6.07) is 10.9. The number of fused-ring (bicyclic) bond motifs is 2. The molecule has 0 atom stereocenters. The fraction of sp³-hybridized carbons (Fsp3) is 0.269. The molecule has 1 aromatic heterocycles. The number of nitrogens with zero attached hydrogens (tertiary/aromatic N) is 2. The molecule has 2 aliphatic rings. The Balaban J connectivity index is 1.45. The van der Waals surface area contributed by atoms with Gasteiger partial charge in [0, 0.05) is 42.2 Å². The van der Waals surface area contributed by atoms with E-state index >= 15 is 0 Å². The highest BCUT2D eigenvalue weighted by molar-refractivity contribution is 5.75. The molecule has 1 aliphatic heterocycles. The first-order valence-electron chi connectivity index (χ1n) is 10.1. The number of hydrogen-bond donors (Lipinski definition) is 1. The van der Waals surface area contributed by atoms with Gasteiger partial charge in [-0.15, -0.1) is 0 Å². The minimum atomic E-state index is -0.110. The molecule has 0 amide bonds. The number of anilines is 1. The van der Waals surface area contributed by atoms with E-state index in [9.17, 15) is 0 Å². The minimum absolute atomic E-state index is 0.110. The summed E-state index contributed by atoms with van der Waals surface area (Å²) < 4.78 is 0. The molecular formula is C26H29N3. The van der Waals surface area contributed by atoms with Crippen molar-refractivity contribution < 1.29 is 0 Å². The van der Waals surface area contributed by atoms with Gasteiger partial charge in [-0.05, 0) is 53.3 Å². The van der Waals surface area contributed by atoms with Gasteiger partial charge in [0.05, 0.1) is 0 Å². The van der Waals surface area contributed by atoms with Gasteiger partial charge >= 0.3 is 0 Å². The first-order chi connectivity index (χ1) is 13.8. The van der Waals surface area contributed by atoms with Crippen molar-refractivity contribution in [3.63, 3.8) is 0 Å². The fourth-order valence-corrected chi connectivity index (χ4v) is 4.09. The van der Waals surface area contributed by atoms with E-state index < -0.39 is 0 Å². The summed E-state index contributed by atoms with van der Waals surface area (Å²) in [6.07, 6.45) is 7.09. The van der Waals surface area contributed by atoms with E-state index in [-0.39, 0.29) is 5.41 Å². The lowest BCUT2D eigenvalue weighted by Crippen LogP contribution is -2.19. The third-order valence-corrected chi connectivity index (χ3v) is 6.35. The largest absolute Gasteiger partial charge is 0.371 e. The molecule has 2 heterocycles. The second-order valence-corrected chi connectivity index (χ2v) is 8.64. The van der Waals surface area contributed by atoms with Gasteiger partial charge in [0.25, 0.3) is 0 Å². The number of hydrogen-bond acceptors (Lipinski definition) is 3. The summed E-state index contributed by atoms with van der Waals surface area (Å²) in [7, 11) is 2.11. The highest BCUT2D eigenvalue weighted by Crippen LogP contribution is 2.41. The van der Waals surface area contributed by atoms with Gasteiger partial charge in [0.1, 0.15) is 5.82 Å². The van der Waals surface area contributed by atoms with Crippen LogP contribution >= 0.6 is 0 Å². The molecule has 1 aliphatic carbocycles. The molecular weight excluding hydrogens is 354 g/mol. The van der Waals surface area contributed by atoms with Crippen molar-refractivity contribution in [3.8, 4) is 0 Å². The van der Waals surface area contributed by atoms with E-state index in [1.165, 1.54) is 27.8 Å². The lowest BCUT2D eigenvalue weighted by Gasteiger charge is -2.21. The van der Waals surface area contributed by atoms with E-state index in [1.54, 1.807) is 0 Å². The second kappa shape index (κ2) is 7.07. The Hall–Kier alpha value is -3.07. The van der Waals surface area contributed by atoms with Crippen molar-refractivity contribution in [3.05, 3.63) is 95.0 Å². The smallest absolute Gasteiger partial charge is 0.134 e. The topological polar surface area (TPSA) is 28.2 Å². The maximum atomic E-state index is 4.57. The van der Waals surface area contributed by atoms with Crippen molar-refractivity contribution in [2.75, 3.05) is 18.9 Å². The number of benzene rings is 1. The van der Waals surface area contributed by atoms with Crippen LogP contribution in [0.1, 0.15) is 43.0 Å². The van der Waals surface area contributed by atoms with E-state index in [0.717, 1.165) is 35.7 Å². The average Bonchev–Trinajstić information content (AvgIpc) is 3.13. The average molecular weight is 384 g/mol. The van der Waals surface area contributed by atoms with Crippen LogP contribution in [0.15, 0.2) is 72.7 Å². The van der Waals surface area contributed by atoms with Crippen molar-refractivity contribution in [1.82, 2.24) is 9.88 Å². The Morgan fingerprint density at radius 3 is 2.83 bits per heavy atom. The van der Waals surface area contributed by atoms with Gasteiger partial charge in [-0.25, -0.2) is 4.98 Å². The molecule has 0 fully saturated rings. The molecule has 1 N–H and O–H groups in total. The van der Waals surface area contributed by atoms with Crippen molar-refractivity contribution in [2.24, 2.45) is 0 Å². The quantitative estimate of drug-likeness (QED) is 0.663. The van der Waals surface area contributed by atoms with Crippen LogP contribution in [-0.2, 0) is 11.8 Å². The third kappa shape index (κ3) is 3.42. The van der Waals surface area contributed by atoms with Crippen LogP contribution in [0.3, 0.4) is 0 Å². The molecule has 0 radical (unpaired) electrons. The van der Waals surface area contributed by atoms with Gasteiger partial charge in [0.15, 0.2) is 0 Å². The summed E-state index contributed by atoms with van der Waals surface area (Å²) in [6.45, 7) is 15.9. The summed E-state index contributed by atoms with van der Waals surface area (Å²) in [5.74, 6) is 0.913. The Bertz CT molecular complexity index is 1070. The number of likely N-dealkylation sites (N-methyl/N-ethyl adjacent to an activating group) is 1. The Labute approximate surface area is 174 Å². The molecule has 148 valence electrons. The van der Waals surface area contributed by atoms with Gasteiger partial charge < -0.3 is 10.2 Å². The summed E-state index contributed by atoms with van der Waals surface area (Å²) >= 11 is 0. The maximum absolute atomic E-state index is 4.57. The third-order valence-electron chi connectivity index (χ3n) is 6.35. The lowest BCUT2D eigenvalue weighted by atomic mass is 9.85. The molecule has 0 saturated heterocycles. The van der Waals surface area contributed by atoms with Crippen LogP contribution in [0.5, 0.6) is 0 Å². The Kier molecular flexibility index (Phi) is 4.70. The highest BCUT2D eigenvalue weighted by Gasteiger charge is 2.34. The molecule has 2 aromatic rings. The molecule has 0 unspecified atom stereocenters. The number of rotatable bonds is 5. The highest BCUT2D eigenvalue weighted by atomic mass is 15.1. The molecule has 0 spiro atoms. The standard InChI is InChI=1S/C26H29N3/c1-17(29(6)16-22-14-21-9-7-8-10-23(21)18(22)2)11-12-20-13-24-25(27-15-20)28-19(3)26(24,4)5/h7-13,15H,1,3,14,16H2,2,4-6H3,(H,27,28)/b12-11+. The molecule has 0 saturated carbocycles. The van der Waals surface area contributed by atoms with Crippen LogP contribution in [0.25, 0.3) is 11.6 Å². The minimum Gasteiger partial charge on any atom is -0.371 e. The van der Waals surface area contributed by atoms with Gasteiger partial charge in [-0.3, -0.25) is 0 Å². The molecule has 1 aromatic carbocycles. The van der Waals surface area contributed by atoms with Gasteiger partial charge in [0.2, 0.25) is 0 Å². The van der Waals surface area contributed by atoms with E-state index in [2.05, 4.69) is 98.7 Å². The predicted molar refractivity (Wildman–Crippen MR) is 124 cm³/mol. The number of pyridine rings is 1. The first kappa shape index (κ1) is 19.3. The Morgan fingerprint density at radius 2 is 2.07 bits per heavy atom. The normalized spacial score (nSPS) is 16.8. The number of allylic oxidation sites excluding steroid dienone is 3. The number of nitrogens with one attached hydrogen (secondary N) is 1. The SMILES string of the molecule is C=C(/C=C/c1cnc2c(c1)C(C)(C)C(=C)N2)N(C)CC1=C(C)c2ccccc2C1. The summed E-state index contributed by atoms with van der Waals surface area (Å²) in [4.78, 5) is 6.79. The van der Waals surface area contributed by atoms with Crippen LogP contribution in [0.4, 0.5) is 5.82 Å². The fourth-order valence-electron chi connectivity index (χ4n) is 4.09. The molecule has 29 heavy (non-hydrogen) atoms. The predicted octanol–water partition coefficient (Wildman–Crippen LogP) is 5.79. The lowest BCUT2D eigenvalue weighted by molar-refractivity contribution is 0.468. The molecule has 0 bridgehead atoms. The van der Waals surface area contributed by atoms with E-state index in [4.69, 9.17) is 0 Å². The van der Waals surface area contributed by atoms with Crippen molar-refractivity contribution >= 4 is 17.5 Å². The van der Waals surface area contributed by atoms with Crippen LogP contribution in [0.2, 0.25) is 0 Å². The zero-order chi connectivity index (χ0) is 20.8. The molecule has 3 heteroatoms.